The number of benzene rings is 2. The van der Waals surface area contributed by atoms with Gasteiger partial charge in [-0.05, 0) is 37.1 Å². The summed E-state index contributed by atoms with van der Waals surface area (Å²) in [7, 11) is 1.79. The maximum atomic E-state index is 13.8. The van der Waals surface area contributed by atoms with Crippen LogP contribution < -0.4 is 5.32 Å². The lowest BCUT2D eigenvalue weighted by Gasteiger charge is -2.17. The van der Waals surface area contributed by atoms with Gasteiger partial charge in [-0.3, -0.25) is 0 Å². The van der Waals surface area contributed by atoms with Gasteiger partial charge >= 0.3 is 0 Å². The van der Waals surface area contributed by atoms with E-state index in [-0.39, 0.29) is 6.04 Å². The Morgan fingerprint density at radius 3 is 2.20 bits per heavy atom. The number of halogens is 2. The molecule has 0 saturated carbocycles. The second kappa shape index (κ2) is 6.62. The number of hydrogen-bond acceptors (Lipinski definition) is 1. The number of likely N-dealkylation sites (N-methyl/N-ethyl adjacent to an activating group) is 1. The van der Waals surface area contributed by atoms with Crippen LogP contribution in [-0.4, -0.2) is 7.05 Å². The standard InChI is InChI=1S/C17H19F2N/c1-3-12-4-6-13(7-5-12)10-17(20-2)15-9-8-14(18)11-16(15)19/h4-9,11,17,20H,3,10H2,1-2H3. The van der Waals surface area contributed by atoms with Gasteiger partial charge in [0.15, 0.2) is 0 Å². The zero-order chi connectivity index (χ0) is 14.5. The number of rotatable bonds is 5. The van der Waals surface area contributed by atoms with E-state index in [4.69, 9.17) is 0 Å². The van der Waals surface area contributed by atoms with Gasteiger partial charge in [0.1, 0.15) is 11.6 Å². The zero-order valence-electron chi connectivity index (χ0n) is 11.8. The fraction of sp³-hybridized carbons (Fsp3) is 0.294. The predicted molar refractivity (Wildman–Crippen MR) is 77.7 cm³/mol. The summed E-state index contributed by atoms with van der Waals surface area (Å²) in [6, 6.07) is 11.9. The molecule has 0 radical (unpaired) electrons. The highest BCUT2D eigenvalue weighted by atomic mass is 19.1. The van der Waals surface area contributed by atoms with Crippen molar-refractivity contribution in [3.8, 4) is 0 Å². The summed E-state index contributed by atoms with van der Waals surface area (Å²) in [4.78, 5) is 0. The van der Waals surface area contributed by atoms with Crippen molar-refractivity contribution in [1.82, 2.24) is 5.32 Å². The van der Waals surface area contributed by atoms with Crippen molar-refractivity contribution in [3.05, 3.63) is 70.8 Å². The molecule has 0 aliphatic carbocycles. The van der Waals surface area contributed by atoms with Crippen LogP contribution in [0.5, 0.6) is 0 Å². The summed E-state index contributed by atoms with van der Waals surface area (Å²) in [6.07, 6.45) is 1.67. The first kappa shape index (κ1) is 14.7. The molecule has 0 fully saturated rings. The van der Waals surface area contributed by atoms with Crippen LogP contribution in [0.1, 0.15) is 29.7 Å². The highest BCUT2D eigenvalue weighted by Gasteiger charge is 2.15. The minimum Gasteiger partial charge on any atom is -0.313 e. The Hall–Kier alpha value is -1.74. The van der Waals surface area contributed by atoms with E-state index in [1.165, 1.54) is 17.7 Å². The van der Waals surface area contributed by atoms with Crippen molar-refractivity contribution in [2.24, 2.45) is 0 Å². The fourth-order valence-corrected chi connectivity index (χ4v) is 2.30. The normalized spacial score (nSPS) is 12.4. The van der Waals surface area contributed by atoms with E-state index < -0.39 is 11.6 Å². The lowest BCUT2D eigenvalue weighted by atomic mass is 9.97. The van der Waals surface area contributed by atoms with Gasteiger partial charge in [-0.1, -0.05) is 37.3 Å². The molecule has 0 aliphatic heterocycles. The first-order chi connectivity index (χ1) is 9.63. The van der Waals surface area contributed by atoms with E-state index in [1.54, 1.807) is 7.05 Å². The molecule has 0 saturated heterocycles. The van der Waals surface area contributed by atoms with Crippen LogP contribution >= 0.6 is 0 Å². The van der Waals surface area contributed by atoms with Crippen molar-refractivity contribution in [3.63, 3.8) is 0 Å². The predicted octanol–water partition coefficient (Wildman–Crippen LogP) is 4.03. The Balaban J connectivity index is 2.19. The Kier molecular flexibility index (Phi) is 4.85. The minimum absolute atomic E-state index is 0.164. The van der Waals surface area contributed by atoms with Crippen LogP contribution in [0.3, 0.4) is 0 Å². The van der Waals surface area contributed by atoms with Crippen molar-refractivity contribution in [2.75, 3.05) is 7.05 Å². The molecule has 1 unspecified atom stereocenters. The van der Waals surface area contributed by atoms with Gasteiger partial charge in [0.2, 0.25) is 0 Å². The average molecular weight is 275 g/mol. The third-order valence-corrected chi connectivity index (χ3v) is 3.56. The second-order valence-corrected chi connectivity index (χ2v) is 4.88. The zero-order valence-corrected chi connectivity index (χ0v) is 11.8. The van der Waals surface area contributed by atoms with Crippen molar-refractivity contribution < 1.29 is 8.78 Å². The Morgan fingerprint density at radius 2 is 1.65 bits per heavy atom. The smallest absolute Gasteiger partial charge is 0.130 e. The second-order valence-electron chi connectivity index (χ2n) is 4.88. The fourth-order valence-electron chi connectivity index (χ4n) is 2.30. The van der Waals surface area contributed by atoms with Gasteiger partial charge in [0.05, 0.1) is 0 Å². The maximum Gasteiger partial charge on any atom is 0.130 e. The van der Waals surface area contributed by atoms with E-state index >= 15 is 0 Å². The molecule has 1 N–H and O–H groups in total. The monoisotopic (exact) mass is 275 g/mol. The molecule has 0 bridgehead atoms. The van der Waals surface area contributed by atoms with Gasteiger partial charge in [-0.15, -0.1) is 0 Å². The lowest BCUT2D eigenvalue weighted by molar-refractivity contribution is 0.521. The van der Waals surface area contributed by atoms with Gasteiger partial charge < -0.3 is 5.32 Å². The first-order valence-electron chi connectivity index (χ1n) is 6.84. The molecule has 2 rings (SSSR count). The molecule has 0 amide bonds. The van der Waals surface area contributed by atoms with Crippen molar-refractivity contribution in [1.29, 1.82) is 0 Å². The molecule has 0 spiro atoms. The molecule has 1 atom stereocenters. The van der Waals surface area contributed by atoms with Gasteiger partial charge in [-0.2, -0.15) is 0 Å². The molecule has 2 aromatic rings. The first-order valence-corrected chi connectivity index (χ1v) is 6.84. The van der Waals surface area contributed by atoms with Gasteiger partial charge in [0, 0.05) is 17.7 Å². The summed E-state index contributed by atoms with van der Waals surface area (Å²) in [6.45, 7) is 2.11. The summed E-state index contributed by atoms with van der Waals surface area (Å²) < 4.78 is 26.8. The van der Waals surface area contributed by atoms with Crippen LogP contribution in [0.2, 0.25) is 0 Å². The quantitative estimate of drug-likeness (QED) is 0.868. The summed E-state index contributed by atoms with van der Waals surface area (Å²) in [5.41, 5.74) is 2.90. The van der Waals surface area contributed by atoms with Crippen LogP contribution in [-0.2, 0) is 12.8 Å². The molecule has 0 aromatic heterocycles. The number of hydrogen-bond donors (Lipinski definition) is 1. The Labute approximate surface area is 118 Å². The van der Waals surface area contributed by atoms with Gasteiger partial charge in [-0.25, -0.2) is 8.78 Å². The van der Waals surface area contributed by atoms with Crippen molar-refractivity contribution in [2.45, 2.75) is 25.8 Å². The highest BCUT2D eigenvalue weighted by molar-refractivity contribution is 5.27. The molecule has 20 heavy (non-hydrogen) atoms. The Bertz CT molecular complexity index is 564. The molecular formula is C17H19F2N. The number of nitrogens with one attached hydrogen (secondary N) is 1. The lowest BCUT2D eigenvalue weighted by Crippen LogP contribution is -2.20. The van der Waals surface area contributed by atoms with E-state index in [0.29, 0.717) is 12.0 Å². The molecule has 2 aromatic carbocycles. The summed E-state index contributed by atoms with van der Waals surface area (Å²) in [5.74, 6) is -1.05. The molecule has 1 nitrogen and oxygen atoms in total. The van der Waals surface area contributed by atoms with Crippen molar-refractivity contribution >= 4 is 0 Å². The van der Waals surface area contributed by atoms with Crippen LogP contribution in [0.25, 0.3) is 0 Å². The topological polar surface area (TPSA) is 12.0 Å². The van der Waals surface area contributed by atoms with Gasteiger partial charge in [0.25, 0.3) is 0 Å². The highest BCUT2D eigenvalue weighted by Crippen LogP contribution is 2.22. The maximum absolute atomic E-state index is 13.8. The van der Waals surface area contributed by atoms with Crippen LogP contribution in [0, 0.1) is 11.6 Å². The molecular weight excluding hydrogens is 256 g/mol. The third-order valence-electron chi connectivity index (χ3n) is 3.56. The summed E-state index contributed by atoms with van der Waals surface area (Å²) in [5, 5.41) is 3.09. The molecule has 0 heterocycles. The molecule has 106 valence electrons. The SMILES string of the molecule is CCc1ccc(CC(NC)c2ccc(F)cc2F)cc1. The average Bonchev–Trinajstić information content (AvgIpc) is 2.46. The van der Waals surface area contributed by atoms with E-state index in [2.05, 4.69) is 36.5 Å². The minimum atomic E-state index is -0.548. The molecule has 0 aliphatic rings. The third kappa shape index (κ3) is 3.42. The van der Waals surface area contributed by atoms with E-state index in [9.17, 15) is 8.78 Å². The van der Waals surface area contributed by atoms with Crippen LogP contribution in [0.15, 0.2) is 42.5 Å². The van der Waals surface area contributed by atoms with E-state index in [1.807, 2.05) is 0 Å². The van der Waals surface area contributed by atoms with Crippen LogP contribution in [0.4, 0.5) is 8.78 Å². The van der Waals surface area contributed by atoms with E-state index in [0.717, 1.165) is 18.1 Å². The summed E-state index contributed by atoms with van der Waals surface area (Å²) >= 11 is 0. The Morgan fingerprint density at radius 1 is 1.00 bits per heavy atom. The largest absolute Gasteiger partial charge is 0.313 e. The molecule has 3 heteroatoms. The number of aryl methyl sites for hydroxylation is 1.